The molecular weight excluding hydrogens is 456 g/mol. The molecule has 1 atom stereocenters. The SMILES string of the molecule is CN(C)c1ccc(N2C(=O)C(=O)C(=C(O)c3ccccc3)[C@@H]2c2ccc(Br)cc2)cc1. The molecule has 4 rings (SSSR count). The van der Waals surface area contributed by atoms with E-state index in [4.69, 9.17) is 0 Å². The zero-order valence-corrected chi connectivity index (χ0v) is 18.7. The number of carbonyl (C=O) groups excluding carboxylic acids is 2. The van der Waals surface area contributed by atoms with Gasteiger partial charge < -0.3 is 10.0 Å². The van der Waals surface area contributed by atoms with E-state index >= 15 is 0 Å². The van der Waals surface area contributed by atoms with Crippen molar-refractivity contribution in [1.82, 2.24) is 0 Å². The number of halogens is 1. The maximum Gasteiger partial charge on any atom is 0.300 e. The minimum Gasteiger partial charge on any atom is -0.507 e. The van der Waals surface area contributed by atoms with Gasteiger partial charge in [0, 0.05) is 35.5 Å². The van der Waals surface area contributed by atoms with Crippen molar-refractivity contribution in [2.45, 2.75) is 6.04 Å². The fourth-order valence-electron chi connectivity index (χ4n) is 3.72. The summed E-state index contributed by atoms with van der Waals surface area (Å²) in [5, 5.41) is 11.0. The average Bonchev–Trinajstić information content (AvgIpc) is 3.05. The Labute approximate surface area is 189 Å². The number of benzene rings is 3. The predicted octanol–water partition coefficient (Wildman–Crippen LogP) is 5.14. The summed E-state index contributed by atoms with van der Waals surface area (Å²) in [6, 6.07) is 22.9. The third-order valence-electron chi connectivity index (χ3n) is 5.32. The molecule has 0 radical (unpaired) electrons. The Hall–Kier alpha value is -3.38. The molecule has 1 N–H and O–H groups in total. The first-order chi connectivity index (χ1) is 14.9. The molecular formula is C25H21BrN2O3. The van der Waals surface area contributed by atoms with E-state index in [9.17, 15) is 14.7 Å². The summed E-state index contributed by atoms with van der Waals surface area (Å²) in [7, 11) is 3.87. The second kappa shape index (κ2) is 8.40. The Kier molecular flexibility index (Phi) is 5.65. The molecule has 0 unspecified atom stereocenters. The molecule has 5 nitrogen and oxygen atoms in total. The number of hydrogen-bond acceptors (Lipinski definition) is 4. The van der Waals surface area contributed by atoms with Crippen molar-refractivity contribution in [2.75, 3.05) is 23.9 Å². The molecule has 1 aliphatic heterocycles. The molecule has 0 bridgehead atoms. The normalized spacial score (nSPS) is 17.8. The van der Waals surface area contributed by atoms with Crippen LogP contribution in [0, 0.1) is 0 Å². The topological polar surface area (TPSA) is 60.9 Å². The average molecular weight is 477 g/mol. The van der Waals surface area contributed by atoms with Gasteiger partial charge in [-0.05, 0) is 42.0 Å². The van der Waals surface area contributed by atoms with Gasteiger partial charge >= 0.3 is 0 Å². The Morgan fingerprint density at radius 1 is 0.903 bits per heavy atom. The Bertz CT molecular complexity index is 1150. The zero-order valence-electron chi connectivity index (χ0n) is 17.1. The summed E-state index contributed by atoms with van der Waals surface area (Å²) >= 11 is 3.43. The van der Waals surface area contributed by atoms with Crippen LogP contribution in [0.5, 0.6) is 0 Å². The van der Waals surface area contributed by atoms with Crippen LogP contribution in [0.4, 0.5) is 11.4 Å². The summed E-state index contributed by atoms with van der Waals surface area (Å²) in [5.41, 5.74) is 2.87. The molecule has 1 saturated heterocycles. The first-order valence-corrected chi connectivity index (χ1v) is 10.6. The van der Waals surface area contributed by atoms with Gasteiger partial charge in [-0.2, -0.15) is 0 Å². The highest BCUT2D eigenvalue weighted by molar-refractivity contribution is 9.10. The number of nitrogens with zero attached hydrogens (tertiary/aromatic N) is 2. The summed E-state index contributed by atoms with van der Waals surface area (Å²) in [4.78, 5) is 29.7. The van der Waals surface area contributed by atoms with Gasteiger partial charge in [-0.3, -0.25) is 14.5 Å². The van der Waals surface area contributed by atoms with Gasteiger partial charge in [0.1, 0.15) is 5.76 Å². The van der Waals surface area contributed by atoms with Gasteiger partial charge in [0.05, 0.1) is 11.6 Å². The van der Waals surface area contributed by atoms with Crippen molar-refractivity contribution >= 4 is 44.8 Å². The number of amides is 1. The monoisotopic (exact) mass is 476 g/mol. The van der Waals surface area contributed by atoms with Crippen molar-refractivity contribution in [3.63, 3.8) is 0 Å². The van der Waals surface area contributed by atoms with E-state index in [-0.39, 0.29) is 11.3 Å². The lowest BCUT2D eigenvalue weighted by atomic mass is 9.95. The second-order valence-electron chi connectivity index (χ2n) is 7.50. The summed E-state index contributed by atoms with van der Waals surface area (Å²) in [6.07, 6.45) is 0. The maximum atomic E-state index is 13.1. The number of hydrogen-bond donors (Lipinski definition) is 1. The van der Waals surface area contributed by atoms with Crippen LogP contribution >= 0.6 is 15.9 Å². The van der Waals surface area contributed by atoms with Gasteiger partial charge in [0.15, 0.2) is 0 Å². The molecule has 0 saturated carbocycles. The number of Topliss-reactive ketones (excluding diaryl/α,β-unsaturated/α-hetero) is 1. The van der Waals surface area contributed by atoms with Crippen LogP contribution in [0.2, 0.25) is 0 Å². The third kappa shape index (κ3) is 3.86. The summed E-state index contributed by atoms with van der Waals surface area (Å²) in [6.45, 7) is 0. The Morgan fingerprint density at radius 3 is 2.10 bits per heavy atom. The first-order valence-electron chi connectivity index (χ1n) is 9.78. The number of aliphatic hydroxyl groups is 1. The lowest BCUT2D eigenvalue weighted by Crippen LogP contribution is -2.29. The van der Waals surface area contributed by atoms with Gasteiger partial charge in [-0.1, -0.05) is 58.4 Å². The fourth-order valence-corrected chi connectivity index (χ4v) is 3.99. The molecule has 1 aliphatic rings. The van der Waals surface area contributed by atoms with Gasteiger partial charge in [-0.25, -0.2) is 0 Å². The molecule has 1 amide bonds. The van der Waals surface area contributed by atoms with Crippen molar-refractivity contribution in [3.05, 3.63) is 100 Å². The van der Waals surface area contributed by atoms with E-state index in [2.05, 4.69) is 15.9 Å². The lowest BCUT2D eigenvalue weighted by Gasteiger charge is -2.26. The Balaban J connectivity index is 1.90. The highest BCUT2D eigenvalue weighted by Crippen LogP contribution is 2.42. The number of anilines is 2. The quantitative estimate of drug-likeness (QED) is 0.321. The first kappa shape index (κ1) is 20.9. The third-order valence-corrected chi connectivity index (χ3v) is 5.85. The lowest BCUT2D eigenvalue weighted by molar-refractivity contribution is -0.132. The molecule has 3 aromatic rings. The number of aliphatic hydroxyl groups excluding tert-OH is 1. The van der Waals surface area contributed by atoms with E-state index < -0.39 is 17.7 Å². The van der Waals surface area contributed by atoms with Crippen LogP contribution in [0.1, 0.15) is 17.2 Å². The molecule has 0 spiro atoms. The Morgan fingerprint density at radius 2 is 1.52 bits per heavy atom. The summed E-state index contributed by atoms with van der Waals surface area (Å²) in [5.74, 6) is -1.55. The molecule has 6 heteroatoms. The van der Waals surface area contributed by atoms with Crippen LogP contribution in [-0.4, -0.2) is 30.9 Å². The van der Waals surface area contributed by atoms with Crippen LogP contribution < -0.4 is 9.80 Å². The van der Waals surface area contributed by atoms with Crippen molar-refractivity contribution in [3.8, 4) is 0 Å². The molecule has 3 aromatic carbocycles. The van der Waals surface area contributed by atoms with E-state index in [1.54, 1.807) is 24.3 Å². The maximum absolute atomic E-state index is 13.1. The zero-order chi connectivity index (χ0) is 22.1. The van der Waals surface area contributed by atoms with Gasteiger partial charge in [0.25, 0.3) is 11.7 Å². The standard InChI is InChI=1S/C25H21BrN2O3/c1-27(2)19-12-14-20(15-13-19)28-22(16-8-10-18(26)11-9-16)21(24(30)25(28)31)23(29)17-6-4-3-5-7-17/h3-15,22,29H,1-2H3/t22-/m0/s1. The second-order valence-corrected chi connectivity index (χ2v) is 8.41. The molecule has 0 aromatic heterocycles. The minimum absolute atomic E-state index is 0.0789. The molecule has 31 heavy (non-hydrogen) atoms. The van der Waals surface area contributed by atoms with Crippen LogP contribution in [0.25, 0.3) is 5.76 Å². The molecule has 1 fully saturated rings. The fraction of sp³-hybridized carbons (Fsp3) is 0.120. The highest BCUT2D eigenvalue weighted by atomic mass is 79.9. The van der Waals surface area contributed by atoms with Gasteiger partial charge in [0.2, 0.25) is 0 Å². The highest BCUT2D eigenvalue weighted by Gasteiger charge is 2.46. The van der Waals surface area contributed by atoms with Crippen molar-refractivity contribution in [1.29, 1.82) is 0 Å². The number of carbonyl (C=O) groups is 2. The summed E-state index contributed by atoms with van der Waals surface area (Å²) < 4.78 is 0.881. The van der Waals surface area contributed by atoms with Gasteiger partial charge in [-0.15, -0.1) is 0 Å². The molecule has 0 aliphatic carbocycles. The van der Waals surface area contributed by atoms with E-state index in [1.165, 1.54) is 4.90 Å². The predicted molar refractivity (Wildman–Crippen MR) is 126 cm³/mol. The smallest absolute Gasteiger partial charge is 0.300 e. The molecule has 1 heterocycles. The van der Waals surface area contributed by atoms with Crippen molar-refractivity contribution in [2.24, 2.45) is 0 Å². The van der Waals surface area contributed by atoms with Crippen LogP contribution in [-0.2, 0) is 9.59 Å². The molecule has 156 valence electrons. The number of rotatable bonds is 4. The number of ketones is 1. The van der Waals surface area contributed by atoms with E-state index in [0.717, 1.165) is 15.7 Å². The van der Waals surface area contributed by atoms with Crippen LogP contribution in [0.3, 0.4) is 0 Å². The largest absolute Gasteiger partial charge is 0.507 e. The van der Waals surface area contributed by atoms with Crippen LogP contribution in [0.15, 0.2) is 88.9 Å². The van der Waals surface area contributed by atoms with Crippen molar-refractivity contribution < 1.29 is 14.7 Å². The minimum atomic E-state index is -0.737. The van der Waals surface area contributed by atoms with E-state index in [1.807, 2.05) is 73.6 Å². The van der Waals surface area contributed by atoms with E-state index in [0.29, 0.717) is 11.3 Å².